The van der Waals surface area contributed by atoms with Crippen molar-refractivity contribution in [3.63, 3.8) is 0 Å². The summed E-state index contributed by atoms with van der Waals surface area (Å²) in [5.74, 6) is -1.57. The van der Waals surface area contributed by atoms with Crippen LogP contribution in [-0.2, 0) is 13.8 Å². The van der Waals surface area contributed by atoms with E-state index in [1.807, 2.05) is 0 Å². The van der Waals surface area contributed by atoms with E-state index in [9.17, 15) is 17.6 Å². The summed E-state index contributed by atoms with van der Waals surface area (Å²) in [4.78, 5) is 11.5. The van der Waals surface area contributed by atoms with E-state index in [-0.39, 0.29) is 11.7 Å². The van der Waals surface area contributed by atoms with Gasteiger partial charge in [0.1, 0.15) is 11.9 Å². The number of hydrogen-bond acceptors (Lipinski definition) is 4. The first-order chi connectivity index (χ1) is 9.36. The highest BCUT2D eigenvalue weighted by atomic mass is 35.7. The Bertz CT molecular complexity index is 609. The number of benzene rings is 1. The van der Waals surface area contributed by atoms with E-state index in [4.69, 9.17) is 15.4 Å². The van der Waals surface area contributed by atoms with E-state index in [0.717, 1.165) is 50.3 Å². The molecule has 1 fully saturated rings. The fourth-order valence-corrected chi connectivity index (χ4v) is 3.01. The van der Waals surface area contributed by atoms with Gasteiger partial charge in [-0.3, -0.25) is 0 Å². The summed E-state index contributed by atoms with van der Waals surface area (Å²) in [6, 6.07) is 2.73. The monoisotopic (exact) mass is 320 g/mol. The molecule has 1 aliphatic rings. The summed E-state index contributed by atoms with van der Waals surface area (Å²) in [6.07, 6.45) is 4.47. The molecule has 0 radical (unpaired) electrons. The average Bonchev–Trinajstić information content (AvgIpc) is 2.38. The van der Waals surface area contributed by atoms with Gasteiger partial charge in [-0.25, -0.2) is 17.6 Å². The van der Waals surface area contributed by atoms with Crippen molar-refractivity contribution in [2.45, 2.75) is 43.1 Å². The number of carbonyl (C=O) groups excluding carboxylic acids is 1. The highest BCUT2D eigenvalue weighted by Gasteiger charge is 2.21. The van der Waals surface area contributed by atoms with Gasteiger partial charge in [0, 0.05) is 10.7 Å². The zero-order valence-electron chi connectivity index (χ0n) is 10.6. The molecule has 110 valence electrons. The van der Waals surface area contributed by atoms with Gasteiger partial charge in [-0.05, 0) is 43.9 Å². The van der Waals surface area contributed by atoms with Crippen LogP contribution in [0.4, 0.5) is 4.39 Å². The molecule has 1 saturated carbocycles. The van der Waals surface area contributed by atoms with Gasteiger partial charge in [0.05, 0.1) is 10.5 Å². The topological polar surface area (TPSA) is 60.4 Å². The Labute approximate surface area is 121 Å². The maximum absolute atomic E-state index is 13.4. The van der Waals surface area contributed by atoms with Crippen LogP contribution < -0.4 is 0 Å². The van der Waals surface area contributed by atoms with Crippen molar-refractivity contribution in [1.82, 2.24) is 0 Å². The largest absolute Gasteiger partial charge is 0.459 e. The zero-order chi connectivity index (χ0) is 14.8. The molecule has 20 heavy (non-hydrogen) atoms. The molecule has 0 aromatic heterocycles. The molecule has 1 aromatic carbocycles. The van der Waals surface area contributed by atoms with E-state index in [2.05, 4.69) is 0 Å². The maximum atomic E-state index is 13.4. The normalized spacial score (nSPS) is 16.9. The number of ether oxygens (including phenoxy) is 1. The molecule has 0 amide bonds. The first-order valence-electron chi connectivity index (χ1n) is 6.32. The Balaban J connectivity index is 2.19. The van der Waals surface area contributed by atoms with Gasteiger partial charge in [0.25, 0.3) is 9.05 Å². The summed E-state index contributed by atoms with van der Waals surface area (Å²) in [5.41, 5.74) is -0.144. The lowest BCUT2D eigenvalue weighted by Crippen LogP contribution is -2.21. The third-order valence-electron chi connectivity index (χ3n) is 3.21. The third-order valence-corrected chi connectivity index (χ3v) is 4.55. The molecule has 1 aliphatic carbocycles. The molecule has 0 saturated heterocycles. The molecular formula is C13H14ClFO4S. The van der Waals surface area contributed by atoms with Crippen LogP contribution in [0.1, 0.15) is 42.5 Å². The first kappa shape index (κ1) is 15.3. The van der Waals surface area contributed by atoms with Gasteiger partial charge in [-0.2, -0.15) is 0 Å². The van der Waals surface area contributed by atoms with Crippen LogP contribution in [0.2, 0.25) is 0 Å². The Morgan fingerprint density at radius 2 is 1.85 bits per heavy atom. The smallest absolute Gasteiger partial charge is 0.338 e. The molecular weight excluding hydrogens is 307 g/mol. The fourth-order valence-electron chi connectivity index (χ4n) is 2.22. The van der Waals surface area contributed by atoms with E-state index in [0.29, 0.717) is 0 Å². The molecule has 0 N–H and O–H groups in total. The molecule has 0 spiro atoms. The van der Waals surface area contributed by atoms with Crippen LogP contribution in [0, 0.1) is 5.82 Å². The van der Waals surface area contributed by atoms with Crippen LogP contribution in [0.5, 0.6) is 0 Å². The van der Waals surface area contributed by atoms with Crippen molar-refractivity contribution >= 4 is 25.7 Å². The summed E-state index contributed by atoms with van der Waals surface area (Å²) in [7, 11) is 1.06. The lowest BCUT2D eigenvalue weighted by atomic mass is 9.98. The molecule has 2 rings (SSSR count). The Morgan fingerprint density at radius 3 is 2.45 bits per heavy atom. The van der Waals surface area contributed by atoms with Gasteiger partial charge < -0.3 is 4.74 Å². The fraction of sp³-hybridized carbons (Fsp3) is 0.462. The minimum absolute atomic E-state index is 0.144. The van der Waals surface area contributed by atoms with E-state index in [1.54, 1.807) is 0 Å². The minimum Gasteiger partial charge on any atom is -0.459 e. The van der Waals surface area contributed by atoms with E-state index >= 15 is 0 Å². The highest BCUT2D eigenvalue weighted by molar-refractivity contribution is 8.13. The molecule has 0 atom stereocenters. The second-order valence-electron chi connectivity index (χ2n) is 4.78. The Hall–Kier alpha value is -1.14. The van der Waals surface area contributed by atoms with Crippen molar-refractivity contribution < 1.29 is 22.3 Å². The predicted molar refractivity (Wildman–Crippen MR) is 71.7 cm³/mol. The van der Waals surface area contributed by atoms with E-state index in [1.165, 1.54) is 0 Å². The van der Waals surface area contributed by atoms with Gasteiger partial charge in [-0.15, -0.1) is 0 Å². The lowest BCUT2D eigenvalue weighted by Gasteiger charge is -2.21. The number of halogens is 2. The quantitative estimate of drug-likeness (QED) is 0.633. The Kier molecular flexibility index (Phi) is 4.65. The molecule has 0 heterocycles. The standard InChI is InChI=1S/C13H14ClFO4S/c14-20(17,18)12-7-9(6-10(15)8-12)13(16)19-11-4-2-1-3-5-11/h6-8,11H,1-5H2. The van der Waals surface area contributed by atoms with Crippen LogP contribution in [-0.4, -0.2) is 20.5 Å². The first-order valence-corrected chi connectivity index (χ1v) is 8.63. The van der Waals surface area contributed by atoms with Crippen LogP contribution >= 0.6 is 10.7 Å². The SMILES string of the molecule is O=C(OC1CCCCC1)c1cc(F)cc(S(=O)(=O)Cl)c1. The van der Waals surface area contributed by atoms with Crippen molar-refractivity contribution in [2.75, 3.05) is 0 Å². The van der Waals surface area contributed by atoms with E-state index < -0.39 is 25.7 Å². The zero-order valence-corrected chi connectivity index (χ0v) is 12.2. The molecule has 7 heteroatoms. The van der Waals surface area contributed by atoms with Crippen LogP contribution in [0.3, 0.4) is 0 Å². The minimum atomic E-state index is -4.09. The summed E-state index contributed by atoms with van der Waals surface area (Å²) >= 11 is 0. The number of hydrogen-bond donors (Lipinski definition) is 0. The maximum Gasteiger partial charge on any atom is 0.338 e. The average molecular weight is 321 g/mol. The molecule has 0 aliphatic heterocycles. The lowest BCUT2D eigenvalue weighted by molar-refractivity contribution is 0.0210. The summed E-state index contributed by atoms with van der Waals surface area (Å²) in [6.45, 7) is 0. The van der Waals surface area contributed by atoms with Gasteiger partial charge >= 0.3 is 5.97 Å². The molecule has 4 nitrogen and oxygen atoms in total. The van der Waals surface area contributed by atoms with Gasteiger partial charge in [0.15, 0.2) is 0 Å². The molecule has 0 unspecified atom stereocenters. The van der Waals surface area contributed by atoms with Gasteiger partial charge in [0.2, 0.25) is 0 Å². The van der Waals surface area contributed by atoms with Crippen molar-refractivity contribution in [3.8, 4) is 0 Å². The third kappa shape index (κ3) is 3.93. The highest BCUT2D eigenvalue weighted by Crippen LogP contribution is 2.23. The number of carbonyl (C=O) groups is 1. The van der Waals surface area contributed by atoms with Crippen molar-refractivity contribution in [1.29, 1.82) is 0 Å². The molecule has 0 bridgehead atoms. The second-order valence-corrected chi connectivity index (χ2v) is 7.34. The number of esters is 1. The Morgan fingerprint density at radius 1 is 1.20 bits per heavy atom. The van der Waals surface area contributed by atoms with Crippen molar-refractivity contribution in [2.24, 2.45) is 0 Å². The molecule has 1 aromatic rings. The summed E-state index contributed by atoms with van der Waals surface area (Å²) < 4.78 is 41.0. The van der Waals surface area contributed by atoms with Crippen LogP contribution in [0.25, 0.3) is 0 Å². The number of rotatable bonds is 3. The van der Waals surface area contributed by atoms with Gasteiger partial charge in [-0.1, -0.05) is 6.42 Å². The van der Waals surface area contributed by atoms with Crippen molar-refractivity contribution in [3.05, 3.63) is 29.6 Å². The predicted octanol–water partition coefficient (Wildman–Crippen LogP) is 3.24. The summed E-state index contributed by atoms with van der Waals surface area (Å²) in [5, 5.41) is 0. The second kappa shape index (κ2) is 6.10. The van der Waals surface area contributed by atoms with Crippen LogP contribution in [0.15, 0.2) is 23.1 Å².